The second kappa shape index (κ2) is 9.41. The van der Waals surface area contributed by atoms with Gasteiger partial charge in [-0.2, -0.15) is 0 Å². The molecule has 1 fully saturated rings. The predicted molar refractivity (Wildman–Crippen MR) is 110 cm³/mol. The van der Waals surface area contributed by atoms with E-state index in [1.807, 2.05) is 18.2 Å². The minimum atomic E-state index is -0.544. The summed E-state index contributed by atoms with van der Waals surface area (Å²) in [4.78, 5) is 25.8. The first kappa shape index (κ1) is 20.6. The number of benzene rings is 2. The van der Waals surface area contributed by atoms with Crippen LogP contribution >= 0.6 is 0 Å². The lowest BCUT2D eigenvalue weighted by molar-refractivity contribution is -0.385. The highest BCUT2D eigenvalue weighted by Crippen LogP contribution is 2.36. The molecule has 2 aromatic rings. The lowest BCUT2D eigenvalue weighted by Crippen LogP contribution is -2.39. The van der Waals surface area contributed by atoms with E-state index >= 15 is 0 Å². The van der Waals surface area contributed by atoms with Crippen LogP contribution in [0.3, 0.4) is 0 Å². The molecule has 0 aromatic heterocycles. The van der Waals surface area contributed by atoms with Gasteiger partial charge >= 0.3 is 0 Å². The number of hydrogen-bond donors (Lipinski definition) is 0. The maximum absolute atomic E-state index is 13.1. The number of amides is 1. The summed E-state index contributed by atoms with van der Waals surface area (Å²) in [5.74, 6) is 0.752. The molecule has 0 aliphatic carbocycles. The first-order valence-corrected chi connectivity index (χ1v) is 9.85. The van der Waals surface area contributed by atoms with E-state index in [2.05, 4.69) is 12.1 Å². The molecule has 1 heterocycles. The van der Waals surface area contributed by atoms with Gasteiger partial charge in [0, 0.05) is 19.2 Å². The van der Waals surface area contributed by atoms with Gasteiger partial charge in [0.2, 0.25) is 0 Å². The molecule has 1 amide bonds. The largest absolute Gasteiger partial charge is 0.493 e. The molecule has 1 aliphatic rings. The van der Waals surface area contributed by atoms with Crippen LogP contribution in [0.25, 0.3) is 0 Å². The lowest BCUT2D eigenvalue weighted by Gasteiger charge is -2.32. The van der Waals surface area contributed by atoms with Crippen LogP contribution < -0.4 is 9.47 Å². The summed E-state index contributed by atoms with van der Waals surface area (Å²) < 4.78 is 10.7. The third-order valence-corrected chi connectivity index (χ3v) is 5.28. The van der Waals surface area contributed by atoms with Crippen molar-refractivity contribution in [3.8, 4) is 11.5 Å². The number of likely N-dealkylation sites (tertiary alicyclic amines) is 1. The second-order valence-electron chi connectivity index (χ2n) is 7.14. The molecular formula is C22H26N2O5. The Balaban J connectivity index is 1.74. The average Bonchev–Trinajstić information content (AvgIpc) is 2.74. The van der Waals surface area contributed by atoms with Crippen molar-refractivity contribution >= 4 is 11.6 Å². The van der Waals surface area contributed by atoms with Gasteiger partial charge in [-0.05, 0) is 37.7 Å². The zero-order valence-corrected chi connectivity index (χ0v) is 16.8. The monoisotopic (exact) mass is 398 g/mol. The number of nitro groups is 1. The molecule has 1 aliphatic heterocycles. The minimum absolute atomic E-state index is 0.0387. The fourth-order valence-corrected chi connectivity index (χ4v) is 3.76. The maximum atomic E-state index is 13.1. The van der Waals surface area contributed by atoms with Crippen LogP contribution in [0.2, 0.25) is 0 Å². The summed E-state index contributed by atoms with van der Waals surface area (Å²) in [6.07, 6.45) is 2.74. The van der Waals surface area contributed by atoms with Crippen molar-refractivity contribution in [1.82, 2.24) is 4.90 Å². The molecule has 3 rings (SSSR count). The summed E-state index contributed by atoms with van der Waals surface area (Å²) in [7, 11) is 1.45. The highest BCUT2D eigenvalue weighted by Gasteiger charge is 2.30. The van der Waals surface area contributed by atoms with Gasteiger partial charge in [0.25, 0.3) is 11.6 Å². The smallest absolute Gasteiger partial charge is 0.286 e. The Morgan fingerprint density at radius 2 is 1.86 bits per heavy atom. The Morgan fingerprint density at radius 3 is 2.45 bits per heavy atom. The Morgan fingerprint density at radius 1 is 1.17 bits per heavy atom. The Labute approximate surface area is 170 Å². The number of carbonyl (C=O) groups excluding carboxylic acids is 1. The minimum Gasteiger partial charge on any atom is -0.493 e. The number of hydrogen-bond acceptors (Lipinski definition) is 5. The number of ether oxygens (including phenoxy) is 2. The van der Waals surface area contributed by atoms with Crippen LogP contribution in [-0.2, 0) is 6.42 Å². The molecule has 0 radical (unpaired) electrons. The quantitative estimate of drug-likeness (QED) is 0.518. The highest BCUT2D eigenvalue weighted by molar-refractivity contribution is 5.99. The van der Waals surface area contributed by atoms with Crippen molar-refractivity contribution in [2.45, 2.75) is 26.2 Å². The molecule has 7 nitrogen and oxygen atoms in total. The molecule has 29 heavy (non-hydrogen) atoms. The number of carbonyl (C=O) groups is 1. The summed E-state index contributed by atoms with van der Waals surface area (Å²) in [5.41, 5.74) is 1.08. The van der Waals surface area contributed by atoms with E-state index in [4.69, 9.17) is 9.47 Å². The molecule has 0 atom stereocenters. The average molecular weight is 398 g/mol. The van der Waals surface area contributed by atoms with Gasteiger partial charge in [-0.25, -0.2) is 0 Å². The van der Waals surface area contributed by atoms with E-state index in [-0.39, 0.29) is 22.9 Å². The molecule has 0 spiro atoms. The summed E-state index contributed by atoms with van der Waals surface area (Å²) >= 11 is 0. The van der Waals surface area contributed by atoms with E-state index in [1.54, 1.807) is 11.8 Å². The molecule has 1 saturated heterocycles. The molecule has 0 saturated carbocycles. The second-order valence-corrected chi connectivity index (χ2v) is 7.14. The normalized spacial score (nSPS) is 14.5. The predicted octanol–water partition coefficient (Wildman–Crippen LogP) is 4.10. The number of rotatable bonds is 7. The molecule has 0 bridgehead atoms. The van der Waals surface area contributed by atoms with E-state index in [0.717, 1.165) is 19.3 Å². The first-order valence-electron chi connectivity index (χ1n) is 9.85. The van der Waals surface area contributed by atoms with Gasteiger partial charge < -0.3 is 14.4 Å². The van der Waals surface area contributed by atoms with Crippen molar-refractivity contribution in [2.24, 2.45) is 5.92 Å². The highest BCUT2D eigenvalue weighted by atomic mass is 16.6. The van der Waals surface area contributed by atoms with Crippen LogP contribution in [0.4, 0.5) is 5.69 Å². The van der Waals surface area contributed by atoms with Gasteiger partial charge in [0.15, 0.2) is 11.5 Å². The standard InChI is InChI=1S/C22H26N2O5/c1-3-29-21-15-19(24(26)27)18(14-20(21)28-2)22(25)23-11-9-17(10-12-23)13-16-7-5-4-6-8-16/h4-8,14-15,17H,3,9-13H2,1-2H3. The zero-order valence-electron chi connectivity index (χ0n) is 16.8. The van der Waals surface area contributed by atoms with E-state index in [1.165, 1.54) is 24.8 Å². The fraction of sp³-hybridized carbons (Fsp3) is 0.409. The van der Waals surface area contributed by atoms with Gasteiger partial charge in [-0.3, -0.25) is 14.9 Å². The molecule has 0 unspecified atom stereocenters. The zero-order chi connectivity index (χ0) is 20.8. The number of nitrogens with zero attached hydrogens (tertiary/aromatic N) is 2. The van der Waals surface area contributed by atoms with Gasteiger partial charge in [-0.15, -0.1) is 0 Å². The lowest BCUT2D eigenvalue weighted by atomic mass is 9.90. The number of methoxy groups -OCH3 is 1. The molecule has 0 N–H and O–H groups in total. The van der Waals surface area contributed by atoms with E-state index in [9.17, 15) is 14.9 Å². The molecule has 7 heteroatoms. The molecular weight excluding hydrogens is 372 g/mol. The SMILES string of the molecule is CCOc1cc([N+](=O)[O-])c(C(=O)N2CCC(Cc3ccccc3)CC2)cc1OC. The summed E-state index contributed by atoms with van der Waals surface area (Å²) in [5, 5.41) is 11.6. The van der Waals surface area contributed by atoms with Crippen molar-refractivity contribution in [3.05, 3.63) is 63.7 Å². The van der Waals surface area contributed by atoms with Crippen LogP contribution in [-0.4, -0.2) is 42.5 Å². The van der Waals surface area contributed by atoms with E-state index in [0.29, 0.717) is 31.4 Å². The Bertz CT molecular complexity index is 861. The van der Waals surface area contributed by atoms with Crippen LogP contribution in [0, 0.1) is 16.0 Å². The number of piperidine rings is 1. The van der Waals surface area contributed by atoms with Crippen LogP contribution in [0.1, 0.15) is 35.7 Å². The van der Waals surface area contributed by atoms with Gasteiger partial charge in [0.1, 0.15) is 5.56 Å². The van der Waals surface area contributed by atoms with Gasteiger partial charge in [0.05, 0.1) is 24.7 Å². The van der Waals surface area contributed by atoms with Gasteiger partial charge in [-0.1, -0.05) is 30.3 Å². The Hall–Kier alpha value is -3.09. The topological polar surface area (TPSA) is 81.9 Å². The maximum Gasteiger partial charge on any atom is 0.286 e. The van der Waals surface area contributed by atoms with Crippen molar-refractivity contribution in [3.63, 3.8) is 0 Å². The number of nitro benzene ring substituents is 1. The first-order chi connectivity index (χ1) is 14.0. The van der Waals surface area contributed by atoms with Crippen molar-refractivity contribution in [2.75, 3.05) is 26.8 Å². The van der Waals surface area contributed by atoms with Crippen molar-refractivity contribution in [1.29, 1.82) is 0 Å². The molecule has 2 aromatic carbocycles. The fourth-order valence-electron chi connectivity index (χ4n) is 3.76. The summed E-state index contributed by atoms with van der Waals surface area (Å²) in [6, 6.07) is 13.0. The van der Waals surface area contributed by atoms with E-state index < -0.39 is 4.92 Å². The van der Waals surface area contributed by atoms with Crippen LogP contribution in [0.5, 0.6) is 11.5 Å². The van der Waals surface area contributed by atoms with Crippen LogP contribution in [0.15, 0.2) is 42.5 Å². The third-order valence-electron chi connectivity index (χ3n) is 5.28. The third kappa shape index (κ3) is 4.85. The van der Waals surface area contributed by atoms with Crippen molar-refractivity contribution < 1.29 is 19.2 Å². The Kier molecular flexibility index (Phi) is 6.69. The summed E-state index contributed by atoms with van der Waals surface area (Å²) in [6.45, 7) is 3.30. The molecule has 154 valence electrons.